The van der Waals surface area contributed by atoms with Crippen LogP contribution in [0.3, 0.4) is 0 Å². The normalized spacial score (nSPS) is 26.8. The fourth-order valence-electron chi connectivity index (χ4n) is 6.10. The maximum atomic E-state index is 14.5. The van der Waals surface area contributed by atoms with E-state index in [1.807, 2.05) is 60.4 Å². The maximum Gasteiger partial charge on any atom is 0.230 e. The van der Waals surface area contributed by atoms with Crippen LogP contribution in [-0.4, -0.2) is 43.3 Å². The minimum absolute atomic E-state index is 0.0761. The third kappa shape index (κ3) is 5.53. The lowest BCUT2D eigenvalue weighted by atomic mass is 9.65. The van der Waals surface area contributed by atoms with E-state index >= 15 is 0 Å². The van der Waals surface area contributed by atoms with E-state index in [1.54, 1.807) is 0 Å². The van der Waals surface area contributed by atoms with Gasteiger partial charge in [0, 0.05) is 35.0 Å². The number of hydrogen-bond acceptors (Lipinski definition) is 4. The average molecular weight is 578 g/mol. The molecule has 3 fully saturated rings. The second-order valence-electron chi connectivity index (χ2n) is 11.1. The van der Waals surface area contributed by atoms with Gasteiger partial charge >= 0.3 is 0 Å². The molecule has 0 aromatic heterocycles. The Morgan fingerprint density at radius 3 is 2.34 bits per heavy atom. The molecular formula is C29H34Cl2N2O4S. The minimum atomic E-state index is -3.43. The largest absolute Gasteiger partial charge is 0.330 e. The smallest absolute Gasteiger partial charge is 0.230 e. The highest BCUT2D eigenvalue weighted by Crippen LogP contribution is 2.55. The Morgan fingerprint density at radius 1 is 1.05 bits per heavy atom. The Hall–Kier alpha value is -1.93. The number of piperidine rings is 1. The summed E-state index contributed by atoms with van der Waals surface area (Å²) in [7, 11) is -3.43. The first-order valence-corrected chi connectivity index (χ1v) is 15.7. The average Bonchev–Trinajstić information content (AvgIpc) is 3.80. The fraction of sp³-hybridized carbons (Fsp3) is 0.517. The molecular weight excluding hydrogens is 543 g/mol. The molecule has 3 aliphatic rings. The van der Waals surface area contributed by atoms with Crippen molar-refractivity contribution in [1.29, 1.82) is 0 Å². The van der Waals surface area contributed by atoms with Gasteiger partial charge in [0.25, 0.3) is 0 Å². The second kappa shape index (κ2) is 10.9. The molecule has 1 saturated heterocycles. The minimum Gasteiger partial charge on any atom is -0.330 e. The van der Waals surface area contributed by atoms with Crippen LogP contribution in [-0.2, 0) is 19.6 Å². The van der Waals surface area contributed by atoms with Gasteiger partial charge < -0.3 is 9.69 Å². The number of benzene rings is 2. The van der Waals surface area contributed by atoms with Crippen LogP contribution < -0.4 is 4.72 Å². The van der Waals surface area contributed by atoms with Crippen molar-refractivity contribution in [2.24, 2.45) is 11.3 Å². The van der Waals surface area contributed by atoms with Crippen LogP contribution in [0.1, 0.15) is 75.0 Å². The number of aldehydes is 1. The Labute approximate surface area is 235 Å². The van der Waals surface area contributed by atoms with Crippen LogP contribution in [0, 0.1) is 11.3 Å². The molecule has 0 bridgehead atoms. The van der Waals surface area contributed by atoms with Crippen molar-refractivity contribution in [1.82, 2.24) is 9.62 Å². The van der Waals surface area contributed by atoms with Gasteiger partial charge in [-0.2, -0.15) is 0 Å². The van der Waals surface area contributed by atoms with Crippen molar-refractivity contribution in [3.05, 3.63) is 69.7 Å². The van der Waals surface area contributed by atoms with E-state index in [0.717, 1.165) is 30.3 Å². The van der Waals surface area contributed by atoms with Gasteiger partial charge in [0.1, 0.15) is 6.29 Å². The zero-order chi connectivity index (χ0) is 27.1. The highest BCUT2D eigenvalue weighted by atomic mass is 35.5. The molecule has 38 heavy (non-hydrogen) atoms. The summed E-state index contributed by atoms with van der Waals surface area (Å²) >= 11 is 12.7. The zero-order valence-electron chi connectivity index (χ0n) is 21.5. The van der Waals surface area contributed by atoms with E-state index in [9.17, 15) is 18.0 Å². The molecule has 2 saturated carbocycles. The molecule has 1 N–H and O–H groups in total. The fourth-order valence-corrected chi connectivity index (χ4v) is 7.82. The van der Waals surface area contributed by atoms with Gasteiger partial charge in [-0.05, 0) is 79.8 Å². The number of carbonyl (C=O) groups excluding carboxylic acids is 2. The molecule has 2 aromatic carbocycles. The monoisotopic (exact) mass is 576 g/mol. The molecule has 1 aliphatic heterocycles. The first-order chi connectivity index (χ1) is 18.2. The second-order valence-corrected chi connectivity index (χ2v) is 14.0. The number of rotatable bonds is 11. The summed E-state index contributed by atoms with van der Waals surface area (Å²) in [6.07, 6.45) is 5.19. The van der Waals surface area contributed by atoms with Gasteiger partial charge in [-0.3, -0.25) is 4.79 Å². The standard InChI is InChI=1S/C29H34Cl2N2O4S/c1-2-29(14-15-34)17-25(21-4-3-5-23(31)16-21)27(20-8-10-22(30)11-9-20)33(28(29)35)26(19-6-7-19)18-32-38(36,37)24-12-13-24/h3-5,8-11,15-16,19,24-27,32H,2,6-7,12-14,17-18H2,1H3/t25-,26?,27-,29+/m1/s1. The molecule has 2 aromatic rings. The molecule has 1 amide bonds. The molecule has 5 rings (SSSR count). The van der Waals surface area contributed by atoms with Gasteiger partial charge in [0.2, 0.25) is 15.9 Å². The Morgan fingerprint density at radius 2 is 1.76 bits per heavy atom. The summed E-state index contributed by atoms with van der Waals surface area (Å²) in [5.41, 5.74) is 1.05. The summed E-state index contributed by atoms with van der Waals surface area (Å²) in [5, 5.41) is 0.867. The van der Waals surface area contributed by atoms with Gasteiger partial charge in [0.05, 0.1) is 16.7 Å². The predicted octanol–water partition coefficient (Wildman–Crippen LogP) is 5.90. The van der Waals surface area contributed by atoms with E-state index in [2.05, 4.69) is 4.72 Å². The Balaban J connectivity index is 1.64. The van der Waals surface area contributed by atoms with E-state index < -0.39 is 15.4 Å². The third-order valence-corrected chi connectivity index (χ3v) is 11.0. The highest BCUT2D eigenvalue weighted by molar-refractivity contribution is 7.90. The topological polar surface area (TPSA) is 83.6 Å². The lowest BCUT2D eigenvalue weighted by Crippen LogP contribution is -2.59. The lowest BCUT2D eigenvalue weighted by molar-refractivity contribution is -0.158. The number of halogens is 2. The molecule has 2 aliphatic carbocycles. The Kier molecular flexibility index (Phi) is 7.94. The van der Waals surface area contributed by atoms with E-state index in [4.69, 9.17) is 23.2 Å². The molecule has 0 radical (unpaired) electrons. The van der Waals surface area contributed by atoms with Crippen molar-refractivity contribution in [2.45, 2.75) is 75.1 Å². The van der Waals surface area contributed by atoms with Crippen molar-refractivity contribution < 1.29 is 18.0 Å². The van der Waals surface area contributed by atoms with Crippen LogP contribution in [0.5, 0.6) is 0 Å². The number of nitrogens with zero attached hydrogens (tertiary/aromatic N) is 1. The summed E-state index contributed by atoms with van der Waals surface area (Å²) < 4.78 is 28.5. The SMILES string of the molecule is CC[C@]1(CC=O)C[C@H](c2cccc(Cl)c2)[C@@H](c2ccc(Cl)cc2)N(C(CNS(=O)(=O)C2CC2)C2CC2)C1=O. The zero-order valence-corrected chi connectivity index (χ0v) is 23.8. The van der Waals surface area contributed by atoms with E-state index in [-0.39, 0.29) is 48.0 Å². The van der Waals surface area contributed by atoms with E-state index in [0.29, 0.717) is 35.7 Å². The van der Waals surface area contributed by atoms with Crippen LogP contribution in [0.2, 0.25) is 10.0 Å². The number of sulfonamides is 1. The predicted molar refractivity (Wildman–Crippen MR) is 150 cm³/mol. The number of hydrogen-bond donors (Lipinski definition) is 1. The summed E-state index contributed by atoms with van der Waals surface area (Å²) in [6.45, 7) is 2.13. The number of nitrogens with one attached hydrogen (secondary N) is 1. The van der Waals surface area contributed by atoms with Gasteiger partial charge in [-0.25, -0.2) is 13.1 Å². The van der Waals surface area contributed by atoms with E-state index in [1.165, 1.54) is 0 Å². The van der Waals surface area contributed by atoms with Crippen molar-refractivity contribution in [3.8, 4) is 0 Å². The summed E-state index contributed by atoms with van der Waals surface area (Å²) in [6, 6.07) is 14.6. The molecule has 1 unspecified atom stereocenters. The lowest BCUT2D eigenvalue weighted by Gasteiger charge is -2.53. The van der Waals surface area contributed by atoms with Crippen LogP contribution >= 0.6 is 23.2 Å². The first-order valence-electron chi connectivity index (χ1n) is 13.4. The van der Waals surface area contributed by atoms with Crippen LogP contribution in [0.4, 0.5) is 0 Å². The summed E-state index contributed by atoms with van der Waals surface area (Å²) in [4.78, 5) is 28.4. The number of amides is 1. The van der Waals surface area contributed by atoms with Crippen molar-refractivity contribution in [2.75, 3.05) is 6.54 Å². The molecule has 4 atom stereocenters. The van der Waals surface area contributed by atoms with Crippen molar-refractivity contribution >= 4 is 45.4 Å². The van der Waals surface area contributed by atoms with Crippen LogP contribution in [0.25, 0.3) is 0 Å². The molecule has 1 heterocycles. The Bertz CT molecular complexity index is 1290. The highest BCUT2D eigenvalue weighted by Gasteiger charge is 2.55. The van der Waals surface area contributed by atoms with Gasteiger partial charge in [-0.1, -0.05) is 54.4 Å². The summed E-state index contributed by atoms with van der Waals surface area (Å²) in [5.74, 6) is -0.0267. The van der Waals surface area contributed by atoms with Gasteiger partial charge in [-0.15, -0.1) is 0 Å². The molecule has 6 nitrogen and oxygen atoms in total. The number of carbonyl (C=O) groups is 2. The van der Waals surface area contributed by atoms with Crippen LogP contribution in [0.15, 0.2) is 48.5 Å². The third-order valence-electron chi connectivity index (χ3n) is 8.60. The maximum absolute atomic E-state index is 14.5. The van der Waals surface area contributed by atoms with Gasteiger partial charge in [0.15, 0.2) is 0 Å². The quantitative estimate of drug-likeness (QED) is 0.338. The molecule has 204 valence electrons. The molecule has 9 heteroatoms. The molecule has 0 spiro atoms. The van der Waals surface area contributed by atoms with Crippen molar-refractivity contribution in [3.63, 3.8) is 0 Å². The first kappa shape index (κ1) is 27.6. The number of likely N-dealkylation sites (tertiary alicyclic amines) is 1.